The summed E-state index contributed by atoms with van der Waals surface area (Å²) in [5.74, 6) is -1.58. The number of hydrazone groups is 1. The van der Waals surface area contributed by atoms with E-state index in [1.165, 1.54) is 13.1 Å². The standard InChI is InChI=1S/C22H24BrN3O4/c1-4-8-16-11-15(12-19(20(16)27)30-5-2)13-24-26-22(29)14(3)21(28)25-18-10-7-6-9-17(18)23/h4,6-7,9-14,27H,1,5,8H2,2-3H3,(H,25,28)(H,26,29). The second-order valence-corrected chi connectivity index (χ2v) is 7.23. The Kier molecular flexibility index (Phi) is 8.61. The van der Waals surface area contributed by atoms with Gasteiger partial charge in [-0.15, -0.1) is 6.58 Å². The molecule has 1 atom stereocenters. The first-order valence-electron chi connectivity index (χ1n) is 9.35. The van der Waals surface area contributed by atoms with E-state index < -0.39 is 17.7 Å². The number of nitrogens with one attached hydrogen (secondary N) is 2. The molecule has 0 saturated heterocycles. The lowest BCUT2D eigenvalue weighted by molar-refractivity contribution is -0.131. The van der Waals surface area contributed by atoms with Crippen LogP contribution in [0.1, 0.15) is 25.0 Å². The van der Waals surface area contributed by atoms with E-state index in [0.717, 1.165) is 4.47 Å². The number of para-hydroxylation sites is 1. The van der Waals surface area contributed by atoms with Crippen molar-refractivity contribution in [2.45, 2.75) is 20.3 Å². The smallest absolute Gasteiger partial charge is 0.252 e. The number of phenols is 1. The zero-order valence-electron chi connectivity index (χ0n) is 16.8. The Bertz CT molecular complexity index is 959. The third-order valence-electron chi connectivity index (χ3n) is 4.15. The number of hydrogen-bond donors (Lipinski definition) is 3. The summed E-state index contributed by atoms with van der Waals surface area (Å²) in [6, 6.07) is 10.5. The van der Waals surface area contributed by atoms with E-state index in [2.05, 4.69) is 38.4 Å². The van der Waals surface area contributed by atoms with Crippen LogP contribution in [0, 0.1) is 5.92 Å². The summed E-state index contributed by atoms with van der Waals surface area (Å²) in [6.45, 7) is 7.37. The molecule has 0 bridgehead atoms. The lowest BCUT2D eigenvalue weighted by atomic mass is 10.1. The number of nitrogens with zero attached hydrogens (tertiary/aromatic N) is 1. The molecule has 0 aromatic heterocycles. The number of benzene rings is 2. The van der Waals surface area contributed by atoms with Gasteiger partial charge in [0, 0.05) is 10.0 Å². The molecule has 7 nitrogen and oxygen atoms in total. The zero-order chi connectivity index (χ0) is 22.1. The Morgan fingerprint density at radius 2 is 2.03 bits per heavy atom. The molecule has 0 saturated carbocycles. The highest BCUT2D eigenvalue weighted by Crippen LogP contribution is 2.32. The van der Waals surface area contributed by atoms with Crippen molar-refractivity contribution in [2.24, 2.45) is 11.0 Å². The molecule has 30 heavy (non-hydrogen) atoms. The molecule has 2 aromatic carbocycles. The largest absolute Gasteiger partial charge is 0.504 e. The molecular weight excluding hydrogens is 450 g/mol. The quantitative estimate of drug-likeness (QED) is 0.221. The van der Waals surface area contributed by atoms with Gasteiger partial charge in [-0.1, -0.05) is 18.2 Å². The van der Waals surface area contributed by atoms with Crippen LogP contribution in [0.25, 0.3) is 0 Å². The molecule has 0 aliphatic rings. The van der Waals surface area contributed by atoms with Gasteiger partial charge >= 0.3 is 0 Å². The fraction of sp³-hybridized carbons (Fsp3) is 0.227. The topological polar surface area (TPSA) is 100 Å². The van der Waals surface area contributed by atoms with Crippen molar-refractivity contribution in [3.8, 4) is 11.5 Å². The highest BCUT2D eigenvalue weighted by Gasteiger charge is 2.21. The third-order valence-corrected chi connectivity index (χ3v) is 4.84. The predicted molar refractivity (Wildman–Crippen MR) is 121 cm³/mol. The van der Waals surface area contributed by atoms with Gasteiger partial charge in [-0.05, 0) is 66.0 Å². The maximum atomic E-state index is 12.3. The first kappa shape index (κ1) is 23.2. The Hall–Kier alpha value is -3.13. The highest BCUT2D eigenvalue weighted by atomic mass is 79.9. The van der Waals surface area contributed by atoms with Gasteiger partial charge in [-0.3, -0.25) is 9.59 Å². The molecule has 0 fully saturated rings. The molecule has 1 unspecified atom stereocenters. The van der Waals surface area contributed by atoms with Gasteiger partial charge in [0.05, 0.1) is 18.5 Å². The van der Waals surface area contributed by atoms with E-state index in [9.17, 15) is 14.7 Å². The zero-order valence-corrected chi connectivity index (χ0v) is 18.4. The van der Waals surface area contributed by atoms with Crippen LogP contribution in [-0.4, -0.2) is 29.7 Å². The maximum absolute atomic E-state index is 12.3. The molecule has 2 amide bonds. The molecule has 158 valence electrons. The molecule has 0 radical (unpaired) electrons. The summed E-state index contributed by atoms with van der Waals surface area (Å²) in [6.07, 6.45) is 3.54. The van der Waals surface area contributed by atoms with Crippen LogP contribution in [0.4, 0.5) is 5.69 Å². The number of aromatic hydroxyl groups is 1. The number of phenolic OH excluding ortho intramolecular Hbond substituents is 1. The minimum atomic E-state index is -0.954. The number of amides is 2. The van der Waals surface area contributed by atoms with E-state index in [-0.39, 0.29) is 5.75 Å². The van der Waals surface area contributed by atoms with Gasteiger partial charge in [0.25, 0.3) is 5.91 Å². The average Bonchev–Trinajstić information content (AvgIpc) is 2.72. The third kappa shape index (κ3) is 6.18. The van der Waals surface area contributed by atoms with Gasteiger partial charge in [0.1, 0.15) is 5.92 Å². The number of hydrogen-bond acceptors (Lipinski definition) is 5. The van der Waals surface area contributed by atoms with Crippen LogP contribution in [0.3, 0.4) is 0 Å². The van der Waals surface area contributed by atoms with Crippen molar-refractivity contribution in [3.05, 3.63) is 64.7 Å². The van der Waals surface area contributed by atoms with Crippen LogP contribution < -0.4 is 15.5 Å². The van der Waals surface area contributed by atoms with Crippen LogP contribution >= 0.6 is 15.9 Å². The number of anilines is 1. The molecule has 8 heteroatoms. The molecule has 0 aliphatic heterocycles. The maximum Gasteiger partial charge on any atom is 0.252 e. The van der Waals surface area contributed by atoms with Crippen molar-refractivity contribution in [1.29, 1.82) is 0 Å². The van der Waals surface area contributed by atoms with Gasteiger partial charge < -0.3 is 15.2 Å². The van der Waals surface area contributed by atoms with Gasteiger partial charge in [0.15, 0.2) is 11.5 Å². The molecule has 3 N–H and O–H groups in total. The van der Waals surface area contributed by atoms with Crippen LogP contribution in [-0.2, 0) is 16.0 Å². The molecule has 0 aliphatic carbocycles. The fourth-order valence-corrected chi connectivity index (χ4v) is 2.91. The number of carbonyl (C=O) groups excluding carboxylic acids is 2. The minimum Gasteiger partial charge on any atom is -0.504 e. The lowest BCUT2D eigenvalue weighted by Crippen LogP contribution is -2.34. The number of carbonyl (C=O) groups is 2. The number of rotatable bonds is 9. The second kappa shape index (κ2) is 11.2. The van der Waals surface area contributed by atoms with E-state index in [1.807, 2.05) is 13.0 Å². The van der Waals surface area contributed by atoms with Crippen LogP contribution in [0.2, 0.25) is 0 Å². The minimum absolute atomic E-state index is 0.0512. The van der Waals surface area contributed by atoms with Gasteiger partial charge in [-0.2, -0.15) is 5.10 Å². The molecular formula is C22H24BrN3O4. The Morgan fingerprint density at radius 1 is 1.30 bits per heavy atom. The normalized spacial score (nSPS) is 11.7. The summed E-state index contributed by atoms with van der Waals surface area (Å²) < 4.78 is 6.16. The Morgan fingerprint density at radius 3 is 2.70 bits per heavy atom. The van der Waals surface area contributed by atoms with Crippen LogP contribution in [0.5, 0.6) is 11.5 Å². The molecule has 2 aromatic rings. The van der Waals surface area contributed by atoms with Crippen molar-refractivity contribution in [2.75, 3.05) is 11.9 Å². The molecule has 2 rings (SSSR count). The summed E-state index contributed by atoms with van der Waals surface area (Å²) >= 11 is 3.34. The molecule has 0 spiro atoms. The molecule has 0 heterocycles. The first-order chi connectivity index (χ1) is 14.4. The summed E-state index contributed by atoms with van der Waals surface area (Å²) in [7, 11) is 0. The van der Waals surface area contributed by atoms with E-state index in [0.29, 0.717) is 35.6 Å². The number of allylic oxidation sites excluding steroid dienone is 1. The number of halogens is 1. The SMILES string of the molecule is C=CCc1cc(C=NNC(=O)C(C)C(=O)Nc2ccccc2Br)cc(OCC)c1O. The van der Waals surface area contributed by atoms with Crippen molar-refractivity contribution in [3.63, 3.8) is 0 Å². The fourth-order valence-electron chi connectivity index (χ4n) is 2.53. The predicted octanol–water partition coefficient (Wildman–Crippen LogP) is 4.01. The lowest BCUT2D eigenvalue weighted by Gasteiger charge is -2.12. The summed E-state index contributed by atoms with van der Waals surface area (Å²) in [5, 5.41) is 16.8. The number of ether oxygens (including phenoxy) is 1. The van der Waals surface area contributed by atoms with Crippen molar-refractivity contribution >= 4 is 39.6 Å². The van der Waals surface area contributed by atoms with Crippen molar-refractivity contribution in [1.82, 2.24) is 5.43 Å². The first-order valence-corrected chi connectivity index (χ1v) is 10.1. The van der Waals surface area contributed by atoms with E-state index in [4.69, 9.17) is 4.74 Å². The van der Waals surface area contributed by atoms with E-state index in [1.54, 1.807) is 36.4 Å². The van der Waals surface area contributed by atoms with Gasteiger partial charge in [-0.25, -0.2) is 5.43 Å². The van der Waals surface area contributed by atoms with E-state index >= 15 is 0 Å². The summed E-state index contributed by atoms with van der Waals surface area (Å²) in [4.78, 5) is 24.6. The Labute approximate surface area is 184 Å². The van der Waals surface area contributed by atoms with Gasteiger partial charge in [0.2, 0.25) is 5.91 Å². The average molecular weight is 474 g/mol. The Balaban J connectivity index is 2.04. The second-order valence-electron chi connectivity index (χ2n) is 6.38. The highest BCUT2D eigenvalue weighted by molar-refractivity contribution is 9.10. The van der Waals surface area contributed by atoms with Crippen molar-refractivity contribution < 1.29 is 19.4 Å². The summed E-state index contributed by atoms with van der Waals surface area (Å²) in [5.41, 5.74) is 4.19. The monoisotopic (exact) mass is 473 g/mol. The van der Waals surface area contributed by atoms with Crippen LogP contribution in [0.15, 0.2) is 58.6 Å².